The lowest BCUT2D eigenvalue weighted by Gasteiger charge is -2.14. The second-order valence-electron chi connectivity index (χ2n) is 6.24. The largest absolute Gasteiger partial charge is 0.495 e. The van der Waals surface area contributed by atoms with Gasteiger partial charge in [-0.1, -0.05) is 0 Å². The molecule has 29 heavy (non-hydrogen) atoms. The van der Waals surface area contributed by atoms with Crippen molar-refractivity contribution in [2.45, 2.75) is 24.8 Å². The Balaban J connectivity index is 2.43. The molecule has 0 aliphatic carbocycles. The lowest BCUT2D eigenvalue weighted by Crippen LogP contribution is -2.30. The van der Waals surface area contributed by atoms with Crippen molar-refractivity contribution in [2.75, 3.05) is 19.5 Å². The third kappa shape index (κ3) is 5.21. The molecule has 0 heterocycles. The number of methoxy groups -OCH3 is 2. The Morgan fingerprint density at radius 1 is 1.07 bits per heavy atom. The van der Waals surface area contributed by atoms with Gasteiger partial charge in [-0.25, -0.2) is 13.1 Å². The van der Waals surface area contributed by atoms with Gasteiger partial charge in [0.2, 0.25) is 10.0 Å². The van der Waals surface area contributed by atoms with Gasteiger partial charge in [-0.3, -0.25) is 14.9 Å². The summed E-state index contributed by atoms with van der Waals surface area (Å²) < 4.78 is 37.8. The highest BCUT2D eigenvalue weighted by Crippen LogP contribution is 2.30. The average molecular weight is 423 g/mol. The van der Waals surface area contributed by atoms with E-state index in [4.69, 9.17) is 9.47 Å². The van der Waals surface area contributed by atoms with Crippen molar-refractivity contribution >= 4 is 27.3 Å². The van der Waals surface area contributed by atoms with Crippen molar-refractivity contribution in [1.29, 1.82) is 0 Å². The number of sulfonamides is 1. The SMILES string of the molecule is COc1ccc([N+](=O)[O-])cc1NC(=O)c1ccc(OC)c(S(=O)(=O)NC(C)C)c1. The quantitative estimate of drug-likeness (QED) is 0.492. The summed E-state index contributed by atoms with van der Waals surface area (Å²) in [6, 6.07) is 7.28. The van der Waals surface area contributed by atoms with Gasteiger partial charge in [0.25, 0.3) is 11.6 Å². The minimum absolute atomic E-state index is 0.0171. The van der Waals surface area contributed by atoms with Crippen LogP contribution in [0.25, 0.3) is 0 Å². The first kappa shape index (κ1) is 22.1. The molecular formula is C18H21N3O7S. The van der Waals surface area contributed by atoms with Crippen molar-refractivity contribution in [3.63, 3.8) is 0 Å². The van der Waals surface area contributed by atoms with E-state index in [2.05, 4.69) is 10.0 Å². The Hall–Kier alpha value is -3.18. The molecule has 0 saturated carbocycles. The summed E-state index contributed by atoms with van der Waals surface area (Å²) in [5.41, 5.74) is -0.143. The highest BCUT2D eigenvalue weighted by Gasteiger charge is 2.23. The fourth-order valence-corrected chi connectivity index (χ4v) is 3.95. The maximum atomic E-state index is 12.7. The maximum Gasteiger partial charge on any atom is 0.271 e. The predicted octanol–water partition coefficient (Wildman–Crippen LogP) is 2.55. The van der Waals surface area contributed by atoms with Gasteiger partial charge in [0, 0.05) is 23.7 Å². The summed E-state index contributed by atoms with van der Waals surface area (Å²) in [5.74, 6) is -0.387. The number of nitro groups is 1. The van der Waals surface area contributed by atoms with Gasteiger partial charge in [0.1, 0.15) is 16.4 Å². The highest BCUT2D eigenvalue weighted by atomic mass is 32.2. The molecule has 156 valence electrons. The number of nitrogens with one attached hydrogen (secondary N) is 2. The first-order valence-corrected chi connectivity index (χ1v) is 9.91. The number of non-ortho nitro benzene ring substituents is 1. The summed E-state index contributed by atoms with van der Waals surface area (Å²) in [4.78, 5) is 22.9. The normalized spacial score (nSPS) is 11.2. The monoisotopic (exact) mass is 423 g/mol. The van der Waals surface area contributed by atoms with Crippen LogP contribution in [0, 0.1) is 10.1 Å². The second kappa shape index (κ2) is 8.88. The molecule has 1 amide bonds. The van der Waals surface area contributed by atoms with E-state index in [1.165, 1.54) is 44.6 Å². The molecule has 0 radical (unpaired) electrons. The fraction of sp³-hybridized carbons (Fsp3) is 0.278. The number of nitro benzene ring substituents is 1. The van der Waals surface area contributed by atoms with Gasteiger partial charge < -0.3 is 14.8 Å². The minimum Gasteiger partial charge on any atom is -0.495 e. The van der Waals surface area contributed by atoms with E-state index in [0.29, 0.717) is 0 Å². The lowest BCUT2D eigenvalue weighted by atomic mass is 10.2. The maximum absolute atomic E-state index is 12.7. The van der Waals surface area contributed by atoms with Crippen LogP contribution in [0.15, 0.2) is 41.3 Å². The number of nitrogens with zero attached hydrogens (tertiary/aromatic N) is 1. The van der Waals surface area contributed by atoms with E-state index in [-0.39, 0.29) is 39.4 Å². The zero-order valence-corrected chi connectivity index (χ0v) is 17.1. The first-order chi connectivity index (χ1) is 13.6. The van der Waals surface area contributed by atoms with E-state index in [0.717, 1.165) is 6.07 Å². The second-order valence-corrected chi connectivity index (χ2v) is 7.92. The molecule has 2 aromatic rings. The van der Waals surface area contributed by atoms with Gasteiger partial charge in [-0.2, -0.15) is 0 Å². The predicted molar refractivity (Wildman–Crippen MR) is 106 cm³/mol. The van der Waals surface area contributed by atoms with Crippen LogP contribution < -0.4 is 19.5 Å². The van der Waals surface area contributed by atoms with E-state index in [1.54, 1.807) is 13.8 Å². The zero-order chi connectivity index (χ0) is 21.8. The number of anilines is 1. The topological polar surface area (TPSA) is 137 Å². The van der Waals surface area contributed by atoms with Crippen molar-refractivity contribution in [2.24, 2.45) is 0 Å². The average Bonchev–Trinajstić information content (AvgIpc) is 2.66. The fourth-order valence-electron chi connectivity index (χ4n) is 2.50. The Kier molecular flexibility index (Phi) is 6.77. The van der Waals surface area contributed by atoms with Crippen molar-refractivity contribution < 1.29 is 27.6 Å². The molecule has 0 unspecified atom stereocenters. The number of hydrogen-bond acceptors (Lipinski definition) is 7. The molecule has 0 spiro atoms. The molecule has 0 saturated heterocycles. The van der Waals surface area contributed by atoms with Gasteiger partial charge in [0.05, 0.1) is 24.8 Å². The molecule has 0 bridgehead atoms. The molecule has 2 rings (SSSR count). The van der Waals surface area contributed by atoms with Crippen molar-refractivity contribution in [3.8, 4) is 11.5 Å². The van der Waals surface area contributed by atoms with Crippen molar-refractivity contribution in [1.82, 2.24) is 4.72 Å². The Labute approximate surface area is 168 Å². The summed E-state index contributed by atoms with van der Waals surface area (Å²) in [6.45, 7) is 3.32. The van der Waals surface area contributed by atoms with Crippen LogP contribution in [0.1, 0.15) is 24.2 Å². The van der Waals surface area contributed by atoms with Crippen LogP contribution in [0.5, 0.6) is 11.5 Å². The number of carbonyl (C=O) groups is 1. The minimum atomic E-state index is -3.93. The van der Waals surface area contributed by atoms with E-state index >= 15 is 0 Å². The van der Waals surface area contributed by atoms with Crippen LogP contribution >= 0.6 is 0 Å². The molecule has 0 aliphatic heterocycles. The number of ether oxygens (including phenoxy) is 2. The van der Waals surface area contributed by atoms with E-state index in [9.17, 15) is 23.3 Å². The number of amides is 1. The molecule has 11 heteroatoms. The number of hydrogen-bond donors (Lipinski definition) is 2. The Bertz CT molecular complexity index is 1040. The number of rotatable bonds is 8. The zero-order valence-electron chi connectivity index (χ0n) is 16.3. The molecule has 0 aliphatic rings. The van der Waals surface area contributed by atoms with Crippen LogP contribution in [0.3, 0.4) is 0 Å². The van der Waals surface area contributed by atoms with Crippen LogP contribution in [0.2, 0.25) is 0 Å². The van der Waals surface area contributed by atoms with E-state index < -0.39 is 20.9 Å². The molecule has 0 atom stereocenters. The van der Waals surface area contributed by atoms with Gasteiger partial charge in [0.15, 0.2) is 0 Å². The first-order valence-electron chi connectivity index (χ1n) is 8.43. The van der Waals surface area contributed by atoms with Crippen LogP contribution in [-0.2, 0) is 10.0 Å². The summed E-state index contributed by atoms with van der Waals surface area (Å²) in [7, 11) is -1.26. The molecule has 2 aromatic carbocycles. The van der Waals surface area contributed by atoms with Gasteiger partial charge in [-0.15, -0.1) is 0 Å². The van der Waals surface area contributed by atoms with Crippen molar-refractivity contribution in [3.05, 3.63) is 52.1 Å². The van der Waals surface area contributed by atoms with Gasteiger partial charge in [-0.05, 0) is 38.1 Å². The third-order valence-electron chi connectivity index (χ3n) is 3.75. The van der Waals surface area contributed by atoms with Crippen LogP contribution in [-0.4, -0.2) is 39.5 Å². The Morgan fingerprint density at radius 2 is 1.69 bits per heavy atom. The molecule has 2 N–H and O–H groups in total. The Morgan fingerprint density at radius 3 is 2.24 bits per heavy atom. The standard InChI is InChI=1S/C18H21N3O7S/c1-11(2)20-29(25,26)17-9-12(5-7-16(17)28-4)18(22)19-14-10-13(21(23)24)6-8-15(14)27-3/h5-11,20H,1-4H3,(H,19,22). The van der Waals surface area contributed by atoms with Gasteiger partial charge >= 0.3 is 0 Å². The molecule has 10 nitrogen and oxygen atoms in total. The number of benzene rings is 2. The summed E-state index contributed by atoms with van der Waals surface area (Å²) >= 11 is 0. The summed E-state index contributed by atoms with van der Waals surface area (Å²) in [6.07, 6.45) is 0. The molecule has 0 fully saturated rings. The lowest BCUT2D eigenvalue weighted by molar-refractivity contribution is -0.384. The van der Waals surface area contributed by atoms with E-state index in [1.807, 2.05) is 0 Å². The smallest absolute Gasteiger partial charge is 0.271 e. The molecule has 0 aromatic heterocycles. The summed E-state index contributed by atoms with van der Waals surface area (Å²) in [5, 5.41) is 13.5. The molecular weight excluding hydrogens is 402 g/mol. The highest BCUT2D eigenvalue weighted by molar-refractivity contribution is 7.89. The third-order valence-corrected chi connectivity index (χ3v) is 5.43. The van der Waals surface area contributed by atoms with Crippen LogP contribution in [0.4, 0.5) is 11.4 Å². The number of carbonyl (C=O) groups excluding carboxylic acids is 1.